The van der Waals surface area contributed by atoms with Gasteiger partial charge in [0.1, 0.15) is 5.75 Å². The molecule has 0 spiro atoms. The van der Waals surface area contributed by atoms with E-state index in [1.807, 2.05) is 49.5 Å². The van der Waals surface area contributed by atoms with Crippen molar-refractivity contribution in [1.82, 2.24) is 5.32 Å². The van der Waals surface area contributed by atoms with E-state index in [9.17, 15) is 4.79 Å². The first-order valence-corrected chi connectivity index (χ1v) is 6.63. The number of nitrogens with one attached hydrogen (secondary N) is 1. The van der Waals surface area contributed by atoms with E-state index in [4.69, 9.17) is 4.74 Å². The van der Waals surface area contributed by atoms with Gasteiger partial charge in [-0.25, -0.2) is 0 Å². The molecule has 1 aliphatic heterocycles. The molecule has 0 saturated heterocycles. The molecule has 0 radical (unpaired) electrons. The van der Waals surface area contributed by atoms with Crippen LogP contribution in [-0.2, 0) is 0 Å². The second-order valence-electron chi connectivity index (χ2n) is 4.63. The van der Waals surface area contributed by atoms with Crippen LogP contribution in [0.4, 0.5) is 5.69 Å². The molecule has 3 rings (SSSR count). The van der Waals surface area contributed by atoms with E-state index in [1.54, 1.807) is 11.0 Å². The summed E-state index contributed by atoms with van der Waals surface area (Å²) in [6, 6.07) is 15.0. The first-order valence-electron chi connectivity index (χ1n) is 6.63. The van der Waals surface area contributed by atoms with E-state index in [-0.39, 0.29) is 5.91 Å². The number of amides is 1. The highest BCUT2D eigenvalue weighted by molar-refractivity contribution is 6.09. The molecule has 2 aromatic rings. The van der Waals surface area contributed by atoms with Crippen molar-refractivity contribution in [2.75, 3.05) is 25.0 Å². The molecule has 0 aromatic heterocycles. The number of hydrogen-bond donors (Lipinski definition) is 1. The predicted octanol–water partition coefficient (Wildman–Crippen LogP) is 2.66. The molecule has 0 fully saturated rings. The van der Waals surface area contributed by atoms with E-state index in [1.165, 1.54) is 0 Å². The van der Waals surface area contributed by atoms with Crippen LogP contribution in [-0.4, -0.2) is 26.0 Å². The van der Waals surface area contributed by atoms with Gasteiger partial charge in [-0.05, 0) is 31.3 Å². The molecule has 0 bridgehead atoms. The third kappa shape index (κ3) is 2.14. The molecule has 1 amide bonds. The first kappa shape index (κ1) is 12.7. The lowest BCUT2D eigenvalue weighted by molar-refractivity contribution is 0.0987. The first-order chi connectivity index (χ1) is 9.81. The van der Waals surface area contributed by atoms with Crippen molar-refractivity contribution in [2.45, 2.75) is 0 Å². The normalized spacial score (nSPS) is 13.2. The van der Waals surface area contributed by atoms with Crippen molar-refractivity contribution in [2.24, 2.45) is 0 Å². The van der Waals surface area contributed by atoms with Crippen LogP contribution in [0, 0.1) is 0 Å². The fraction of sp³-hybridized carbons (Fsp3) is 0.188. The summed E-state index contributed by atoms with van der Waals surface area (Å²) in [5.74, 6) is 1.29. The second-order valence-corrected chi connectivity index (χ2v) is 4.63. The summed E-state index contributed by atoms with van der Waals surface area (Å²) in [6.07, 6.45) is 0. The van der Waals surface area contributed by atoms with E-state index in [2.05, 4.69) is 5.32 Å². The van der Waals surface area contributed by atoms with Gasteiger partial charge in [0.25, 0.3) is 5.91 Å². The van der Waals surface area contributed by atoms with Gasteiger partial charge < -0.3 is 15.0 Å². The minimum absolute atomic E-state index is 0.0270. The topological polar surface area (TPSA) is 41.6 Å². The lowest BCUT2D eigenvalue weighted by Crippen LogP contribution is -2.35. The Labute approximate surface area is 118 Å². The minimum atomic E-state index is -0.0270. The van der Waals surface area contributed by atoms with E-state index in [0.29, 0.717) is 23.6 Å². The van der Waals surface area contributed by atoms with Crippen LogP contribution in [0.25, 0.3) is 0 Å². The maximum Gasteiger partial charge on any atom is 0.262 e. The van der Waals surface area contributed by atoms with Gasteiger partial charge in [0.2, 0.25) is 0 Å². The monoisotopic (exact) mass is 268 g/mol. The number of ether oxygens (including phenoxy) is 1. The number of fused-ring (bicyclic) bond motifs is 2. The van der Waals surface area contributed by atoms with Gasteiger partial charge in [0, 0.05) is 13.1 Å². The molecule has 4 nitrogen and oxygen atoms in total. The Hall–Kier alpha value is -2.33. The van der Waals surface area contributed by atoms with Crippen LogP contribution in [0.3, 0.4) is 0 Å². The molecule has 0 saturated carbocycles. The zero-order chi connectivity index (χ0) is 13.9. The van der Waals surface area contributed by atoms with Gasteiger partial charge in [-0.1, -0.05) is 24.3 Å². The fourth-order valence-corrected chi connectivity index (χ4v) is 2.32. The van der Waals surface area contributed by atoms with Crippen LogP contribution < -0.4 is 15.0 Å². The molecule has 1 N–H and O–H groups in total. The van der Waals surface area contributed by atoms with Crippen LogP contribution in [0.1, 0.15) is 10.4 Å². The maximum absolute atomic E-state index is 12.7. The van der Waals surface area contributed by atoms with Crippen LogP contribution >= 0.6 is 0 Å². The van der Waals surface area contributed by atoms with Gasteiger partial charge in [-0.2, -0.15) is 0 Å². The quantitative estimate of drug-likeness (QED) is 0.930. The molecule has 2 aromatic carbocycles. The maximum atomic E-state index is 12.7. The van der Waals surface area contributed by atoms with Crippen molar-refractivity contribution in [3.8, 4) is 11.5 Å². The average molecular weight is 268 g/mol. The SMILES string of the molecule is CNCCN1C(=O)c2ccccc2Oc2ccccc21. The van der Waals surface area contributed by atoms with Crippen molar-refractivity contribution in [3.05, 3.63) is 54.1 Å². The Morgan fingerprint density at radius 1 is 1.05 bits per heavy atom. The minimum Gasteiger partial charge on any atom is -0.454 e. The number of rotatable bonds is 3. The van der Waals surface area contributed by atoms with E-state index in [0.717, 1.165) is 12.2 Å². The van der Waals surface area contributed by atoms with Crippen molar-refractivity contribution >= 4 is 11.6 Å². The highest BCUT2D eigenvalue weighted by atomic mass is 16.5. The van der Waals surface area contributed by atoms with Gasteiger partial charge in [0.05, 0.1) is 11.3 Å². The molecule has 4 heteroatoms. The second kappa shape index (κ2) is 5.35. The molecule has 0 aliphatic carbocycles. The van der Waals surface area contributed by atoms with Crippen molar-refractivity contribution < 1.29 is 9.53 Å². The smallest absolute Gasteiger partial charge is 0.262 e. The summed E-state index contributed by atoms with van der Waals surface area (Å²) >= 11 is 0. The van der Waals surface area contributed by atoms with Gasteiger partial charge >= 0.3 is 0 Å². The third-order valence-corrected chi connectivity index (χ3v) is 3.32. The van der Waals surface area contributed by atoms with Gasteiger partial charge in [-0.3, -0.25) is 4.79 Å². The largest absolute Gasteiger partial charge is 0.454 e. The Balaban J connectivity index is 2.11. The molecule has 0 unspecified atom stereocenters. The standard InChI is InChI=1S/C16H16N2O2/c1-17-10-11-18-13-7-3-5-9-15(13)20-14-8-4-2-6-12(14)16(18)19/h2-9,17H,10-11H2,1H3. The number of hydrogen-bond acceptors (Lipinski definition) is 3. The average Bonchev–Trinajstić information content (AvgIpc) is 2.60. The summed E-state index contributed by atoms with van der Waals surface area (Å²) in [5, 5.41) is 3.08. The number of likely N-dealkylation sites (N-methyl/N-ethyl adjacent to an activating group) is 1. The lowest BCUT2D eigenvalue weighted by atomic mass is 10.1. The van der Waals surface area contributed by atoms with Gasteiger partial charge in [0.15, 0.2) is 5.75 Å². The number of nitrogens with zero attached hydrogens (tertiary/aromatic N) is 1. The molecule has 20 heavy (non-hydrogen) atoms. The zero-order valence-corrected chi connectivity index (χ0v) is 11.3. The number of carbonyl (C=O) groups is 1. The summed E-state index contributed by atoms with van der Waals surface area (Å²) in [6.45, 7) is 1.33. The van der Waals surface area contributed by atoms with Gasteiger partial charge in [-0.15, -0.1) is 0 Å². The van der Waals surface area contributed by atoms with Crippen molar-refractivity contribution in [3.63, 3.8) is 0 Å². The van der Waals surface area contributed by atoms with Crippen LogP contribution in [0.2, 0.25) is 0 Å². The summed E-state index contributed by atoms with van der Waals surface area (Å²) in [5.41, 5.74) is 1.41. The Kier molecular flexibility index (Phi) is 3.39. The molecular weight excluding hydrogens is 252 g/mol. The Morgan fingerprint density at radius 3 is 2.55 bits per heavy atom. The summed E-state index contributed by atoms with van der Waals surface area (Å²) in [4.78, 5) is 14.5. The van der Waals surface area contributed by atoms with E-state index >= 15 is 0 Å². The number of anilines is 1. The highest BCUT2D eigenvalue weighted by Gasteiger charge is 2.27. The van der Waals surface area contributed by atoms with Crippen LogP contribution in [0.15, 0.2) is 48.5 Å². The lowest BCUT2D eigenvalue weighted by Gasteiger charge is -2.21. The highest BCUT2D eigenvalue weighted by Crippen LogP contribution is 2.38. The summed E-state index contributed by atoms with van der Waals surface area (Å²) < 4.78 is 5.90. The molecule has 1 aliphatic rings. The molecular formula is C16H16N2O2. The number of benzene rings is 2. The number of para-hydroxylation sites is 3. The molecule has 102 valence electrons. The third-order valence-electron chi connectivity index (χ3n) is 3.32. The molecule has 0 atom stereocenters. The van der Waals surface area contributed by atoms with E-state index < -0.39 is 0 Å². The fourth-order valence-electron chi connectivity index (χ4n) is 2.32. The molecule has 1 heterocycles. The predicted molar refractivity (Wildman–Crippen MR) is 78.6 cm³/mol. The summed E-state index contributed by atoms with van der Waals surface area (Å²) in [7, 11) is 1.87. The Morgan fingerprint density at radius 2 is 1.75 bits per heavy atom. The Bertz CT molecular complexity index is 640. The number of carbonyl (C=O) groups excluding carboxylic acids is 1. The van der Waals surface area contributed by atoms with Crippen LogP contribution in [0.5, 0.6) is 11.5 Å². The zero-order valence-electron chi connectivity index (χ0n) is 11.3. The van der Waals surface area contributed by atoms with Crippen molar-refractivity contribution in [1.29, 1.82) is 0 Å².